The van der Waals surface area contributed by atoms with Gasteiger partial charge in [-0.1, -0.05) is 18.2 Å². The summed E-state index contributed by atoms with van der Waals surface area (Å²) in [5, 5.41) is 14.0. The van der Waals surface area contributed by atoms with Crippen molar-refractivity contribution in [2.45, 2.75) is 12.5 Å². The minimum absolute atomic E-state index is 0.0375. The van der Waals surface area contributed by atoms with Gasteiger partial charge in [0.25, 0.3) is 0 Å². The zero-order chi connectivity index (χ0) is 14.9. The van der Waals surface area contributed by atoms with Crippen LogP contribution in [-0.2, 0) is 7.05 Å². The summed E-state index contributed by atoms with van der Waals surface area (Å²) >= 11 is 0. The number of ether oxygens (including phenoxy) is 1. The summed E-state index contributed by atoms with van der Waals surface area (Å²) < 4.78 is 42.2. The molecule has 0 fully saturated rings. The molecule has 1 aromatic carbocycles. The first kappa shape index (κ1) is 14.2. The zero-order valence-electron chi connectivity index (χ0n) is 10.4. The quantitative estimate of drug-likeness (QED) is 0.905. The molecule has 3 N–H and O–H groups in total. The summed E-state index contributed by atoms with van der Waals surface area (Å²) in [7, 11) is 1.56. The van der Waals surface area contributed by atoms with Gasteiger partial charge >= 0.3 is 6.36 Å². The third-order valence-corrected chi connectivity index (χ3v) is 2.75. The predicted octanol–water partition coefficient (Wildman–Crippen LogP) is 1.98. The number of aromatic nitrogens is 2. The molecule has 8 heteroatoms. The van der Waals surface area contributed by atoms with Gasteiger partial charge in [-0.05, 0) is 6.07 Å². The maximum Gasteiger partial charge on any atom is 0.573 e. The van der Waals surface area contributed by atoms with Gasteiger partial charge in [-0.3, -0.25) is 4.68 Å². The first-order chi connectivity index (χ1) is 9.29. The van der Waals surface area contributed by atoms with E-state index < -0.39 is 18.2 Å². The topological polar surface area (TPSA) is 73.3 Å². The highest BCUT2D eigenvalue weighted by atomic mass is 19.4. The summed E-state index contributed by atoms with van der Waals surface area (Å²) in [5.41, 5.74) is 5.87. The molecule has 2 rings (SSSR count). The number of aliphatic hydroxyl groups excluding tert-OH is 1. The molecule has 0 spiro atoms. The fourth-order valence-corrected chi connectivity index (χ4v) is 1.77. The predicted molar refractivity (Wildman–Crippen MR) is 64.8 cm³/mol. The van der Waals surface area contributed by atoms with E-state index >= 15 is 0 Å². The molecule has 0 radical (unpaired) electrons. The maximum atomic E-state index is 12.3. The van der Waals surface area contributed by atoms with Crippen molar-refractivity contribution in [3.63, 3.8) is 0 Å². The largest absolute Gasteiger partial charge is 0.573 e. The fraction of sp³-hybridized carbons (Fsp3) is 0.250. The van der Waals surface area contributed by atoms with Crippen molar-refractivity contribution in [3.05, 3.63) is 41.6 Å². The summed E-state index contributed by atoms with van der Waals surface area (Å²) in [6.45, 7) is 0. The van der Waals surface area contributed by atoms with E-state index in [1.54, 1.807) is 7.05 Å². The van der Waals surface area contributed by atoms with E-state index in [4.69, 9.17) is 5.73 Å². The van der Waals surface area contributed by atoms with Crippen molar-refractivity contribution >= 4 is 5.82 Å². The number of benzene rings is 1. The lowest BCUT2D eigenvalue weighted by Crippen LogP contribution is -2.19. The number of nitrogens with zero attached hydrogens (tertiary/aromatic N) is 2. The molecule has 0 aliphatic rings. The first-order valence-corrected chi connectivity index (χ1v) is 5.59. The van der Waals surface area contributed by atoms with E-state index in [1.165, 1.54) is 29.1 Å². The first-order valence-electron chi connectivity index (χ1n) is 5.59. The zero-order valence-corrected chi connectivity index (χ0v) is 10.4. The van der Waals surface area contributed by atoms with Crippen LogP contribution in [-0.4, -0.2) is 21.2 Å². The standard InChI is InChI=1S/C12H12F3N3O2/c1-18-11(16)8(6-17-18)10(19)7-4-2-3-5-9(7)20-12(13,14)15/h2-6,10,19H,16H2,1H3. The number of aryl methyl sites for hydroxylation is 1. The number of nitrogen functional groups attached to an aromatic ring is 1. The van der Waals surface area contributed by atoms with Crippen LogP contribution in [0.2, 0.25) is 0 Å². The molecular formula is C12H12F3N3O2. The van der Waals surface area contributed by atoms with Crippen molar-refractivity contribution in [3.8, 4) is 5.75 Å². The Balaban J connectivity index is 2.40. The van der Waals surface area contributed by atoms with E-state index in [-0.39, 0.29) is 16.9 Å². The Hall–Kier alpha value is -2.22. The van der Waals surface area contributed by atoms with E-state index in [0.717, 1.165) is 6.07 Å². The van der Waals surface area contributed by atoms with Crippen LogP contribution >= 0.6 is 0 Å². The summed E-state index contributed by atoms with van der Waals surface area (Å²) in [6, 6.07) is 5.33. The van der Waals surface area contributed by atoms with Crippen LogP contribution in [0.5, 0.6) is 5.75 Å². The second-order valence-electron chi connectivity index (χ2n) is 4.10. The summed E-state index contributed by atoms with van der Waals surface area (Å²) in [4.78, 5) is 0. The van der Waals surface area contributed by atoms with Crippen LogP contribution in [0, 0.1) is 0 Å². The lowest BCUT2D eigenvalue weighted by molar-refractivity contribution is -0.275. The number of alkyl halides is 3. The van der Waals surface area contributed by atoms with Crippen LogP contribution in [0.1, 0.15) is 17.2 Å². The van der Waals surface area contributed by atoms with Crippen LogP contribution in [0.3, 0.4) is 0 Å². The van der Waals surface area contributed by atoms with Crippen molar-refractivity contribution in [1.82, 2.24) is 9.78 Å². The van der Waals surface area contributed by atoms with Crippen LogP contribution in [0.4, 0.5) is 19.0 Å². The molecule has 2 aromatic rings. The smallest absolute Gasteiger partial charge is 0.405 e. The highest BCUT2D eigenvalue weighted by molar-refractivity contribution is 5.47. The number of hydrogen-bond acceptors (Lipinski definition) is 4. The molecule has 1 heterocycles. The second kappa shape index (κ2) is 5.04. The van der Waals surface area contributed by atoms with Crippen LogP contribution < -0.4 is 10.5 Å². The van der Waals surface area contributed by atoms with Gasteiger partial charge in [0.1, 0.15) is 17.7 Å². The van der Waals surface area contributed by atoms with E-state index in [2.05, 4.69) is 9.84 Å². The normalized spacial score (nSPS) is 13.2. The van der Waals surface area contributed by atoms with Crippen molar-refractivity contribution < 1.29 is 23.0 Å². The fourth-order valence-electron chi connectivity index (χ4n) is 1.77. The van der Waals surface area contributed by atoms with Gasteiger partial charge in [0.15, 0.2) is 0 Å². The Morgan fingerprint density at radius 1 is 1.30 bits per heavy atom. The molecule has 0 bridgehead atoms. The third kappa shape index (κ3) is 2.85. The minimum atomic E-state index is -4.84. The Kier molecular flexibility index (Phi) is 3.58. The molecule has 1 atom stereocenters. The minimum Gasteiger partial charge on any atom is -0.405 e. The van der Waals surface area contributed by atoms with E-state index in [9.17, 15) is 18.3 Å². The number of rotatable bonds is 3. The Morgan fingerprint density at radius 3 is 2.50 bits per heavy atom. The van der Waals surface area contributed by atoms with Gasteiger partial charge in [0.05, 0.1) is 6.20 Å². The number of para-hydroxylation sites is 1. The average molecular weight is 287 g/mol. The third-order valence-electron chi connectivity index (χ3n) is 2.75. The molecule has 0 aliphatic heterocycles. The molecule has 108 valence electrons. The highest BCUT2D eigenvalue weighted by Gasteiger charge is 2.33. The van der Waals surface area contributed by atoms with Crippen molar-refractivity contribution in [2.24, 2.45) is 7.05 Å². The molecule has 0 saturated heterocycles. The van der Waals surface area contributed by atoms with Crippen molar-refractivity contribution in [1.29, 1.82) is 0 Å². The average Bonchev–Trinajstić information content (AvgIpc) is 2.68. The molecule has 5 nitrogen and oxygen atoms in total. The monoisotopic (exact) mass is 287 g/mol. The SMILES string of the molecule is Cn1ncc(C(O)c2ccccc2OC(F)(F)F)c1N. The Bertz CT molecular complexity index is 610. The van der Waals surface area contributed by atoms with Crippen LogP contribution in [0.15, 0.2) is 30.5 Å². The van der Waals surface area contributed by atoms with Gasteiger partial charge in [0.2, 0.25) is 0 Å². The highest BCUT2D eigenvalue weighted by Crippen LogP contribution is 2.34. The Labute approximate surface area is 112 Å². The molecule has 20 heavy (non-hydrogen) atoms. The van der Waals surface area contributed by atoms with Gasteiger partial charge in [-0.2, -0.15) is 5.10 Å². The molecule has 0 amide bonds. The Morgan fingerprint density at radius 2 is 1.95 bits per heavy atom. The van der Waals surface area contributed by atoms with Gasteiger partial charge in [-0.15, -0.1) is 13.2 Å². The number of hydrogen-bond donors (Lipinski definition) is 2. The van der Waals surface area contributed by atoms with E-state index in [1.807, 2.05) is 0 Å². The lowest BCUT2D eigenvalue weighted by Gasteiger charge is -2.16. The van der Waals surface area contributed by atoms with E-state index in [0.29, 0.717) is 0 Å². The lowest BCUT2D eigenvalue weighted by atomic mass is 10.0. The van der Waals surface area contributed by atoms with Gasteiger partial charge in [0, 0.05) is 18.2 Å². The van der Waals surface area contributed by atoms with Gasteiger partial charge < -0.3 is 15.6 Å². The second-order valence-corrected chi connectivity index (χ2v) is 4.10. The molecule has 1 aromatic heterocycles. The molecule has 0 aliphatic carbocycles. The number of aliphatic hydroxyl groups is 1. The number of nitrogens with two attached hydrogens (primary N) is 1. The summed E-state index contributed by atoms with van der Waals surface area (Å²) in [5.74, 6) is -0.310. The van der Waals surface area contributed by atoms with Crippen molar-refractivity contribution in [2.75, 3.05) is 5.73 Å². The summed E-state index contributed by atoms with van der Waals surface area (Å²) in [6.07, 6.45) is -4.90. The van der Waals surface area contributed by atoms with Gasteiger partial charge in [-0.25, -0.2) is 0 Å². The number of halogens is 3. The molecule has 0 saturated carbocycles. The molecule has 1 unspecified atom stereocenters. The maximum absolute atomic E-state index is 12.3. The van der Waals surface area contributed by atoms with Crippen LogP contribution in [0.25, 0.3) is 0 Å². The molecular weight excluding hydrogens is 275 g/mol. The number of anilines is 1.